The molecule has 0 saturated heterocycles. The minimum atomic E-state index is -0.671. The Bertz CT molecular complexity index is 1790. The first-order chi connectivity index (χ1) is 22.5. The third-order valence-electron chi connectivity index (χ3n) is 10.6. The van der Waals surface area contributed by atoms with E-state index in [0.29, 0.717) is 17.8 Å². The van der Waals surface area contributed by atoms with Crippen LogP contribution in [0.15, 0.2) is 114 Å². The summed E-state index contributed by atoms with van der Waals surface area (Å²) in [5.41, 5.74) is 12.7. The van der Waals surface area contributed by atoms with Crippen molar-refractivity contribution in [3.8, 4) is 0 Å². The van der Waals surface area contributed by atoms with Gasteiger partial charge in [-0.1, -0.05) is 92.7 Å². The lowest BCUT2D eigenvalue weighted by Crippen LogP contribution is -2.46. The predicted molar refractivity (Wildman–Crippen MR) is 198 cm³/mol. The number of methoxy groups -OCH3 is 1. The molecule has 1 unspecified atom stereocenters. The van der Waals surface area contributed by atoms with E-state index in [1.54, 1.807) is 0 Å². The number of nitrogens with zero attached hydrogens (tertiary/aromatic N) is 2. The highest BCUT2D eigenvalue weighted by Gasteiger charge is 2.41. The summed E-state index contributed by atoms with van der Waals surface area (Å²) in [4.78, 5) is 4.85. The number of aryl methyl sites for hydroxylation is 2. The van der Waals surface area contributed by atoms with Gasteiger partial charge in [-0.25, -0.2) is 4.57 Å². The van der Waals surface area contributed by atoms with E-state index in [1.807, 2.05) is 14.2 Å². The smallest absolute Gasteiger partial charge is 0.218 e. The number of pyridine rings is 1. The Morgan fingerprint density at radius 3 is 2.28 bits per heavy atom. The van der Waals surface area contributed by atoms with Crippen molar-refractivity contribution in [2.75, 3.05) is 14.2 Å². The van der Waals surface area contributed by atoms with Gasteiger partial charge in [0, 0.05) is 38.3 Å². The molecule has 0 aliphatic heterocycles. The van der Waals surface area contributed by atoms with Crippen molar-refractivity contribution in [2.45, 2.75) is 78.2 Å². The van der Waals surface area contributed by atoms with Crippen LogP contribution in [0.1, 0.15) is 97.0 Å². The highest BCUT2D eigenvalue weighted by molar-refractivity contribution is 6.14. The summed E-state index contributed by atoms with van der Waals surface area (Å²) in [5.74, 6) is 0.652. The first-order valence-corrected chi connectivity index (χ1v) is 17.1. The number of ether oxygens (including phenoxy) is 1. The van der Waals surface area contributed by atoms with Gasteiger partial charge in [-0.2, -0.15) is 0 Å². The topological polar surface area (TPSA) is 25.5 Å². The molecular weight excluding hydrogens is 572 g/mol. The lowest BCUT2D eigenvalue weighted by Gasteiger charge is -2.34. The maximum absolute atomic E-state index is 6.53. The van der Waals surface area contributed by atoms with Crippen molar-refractivity contribution in [3.63, 3.8) is 0 Å². The molecule has 5 rings (SSSR count). The summed E-state index contributed by atoms with van der Waals surface area (Å²) < 4.78 is 8.70. The van der Waals surface area contributed by atoms with Gasteiger partial charge in [-0.15, -0.1) is 0 Å². The van der Waals surface area contributed by atoms with Crippen LogP contribution in [0.2, 0.25) is 0 Å². The van der Waals surface area contributed by atoms with Gasteiger partial charge >= 0.3 is 0 Å². The van der Waals surface area contributed by atoms with E-state index in [0.717, 1.165) is 33.7 Å². The zero-order valence-corrected chi connectivity index (χ0v) is 29.9. The van der Waals surface area contributed by atoms with Crippen molar-refractivity contribution >= 4 is 11.3 Å². The van der Waals surface area contributed by atoms with Crippen LogP contribution in [0, 0.1) is 19.3 Å². The van der Waals surface area contributed by atoms with Crippen molar-refractivity contribution in [3.05, 3.63) is 154 Å². The first-order valence-electron chi connectivity index (χ1n) is 17.1. The summed E-state index contributed by atoms with van der Waals surface area (Å²) in [6.45, 7) is 15.8. The molecule has 1 heterocycles. The predicted octanol–water partition coefficient (Wildman–Crippen LogP) is 10.0. The third kappa shape index (κ3) is 7.26. The van der Waals surface area contributed by atoms with E-state index >= 15 is 0 Å². The fraction of sp³-hybridized carbons (Fsp3) is 0.364. The molecule has 0 radical (unpaired) electrons. The number of aliphatic imine (C=N–C) groups is 1. The molecule has 47 heavy (non-hydrogen) atoms. The zero-order chi connectivity index (χ0) is 33.8. The highest BCUT2D eigenvalue weighted by Crippen LogP contribution is 2.43. The molecule has 0 amide bonds. The fourth-order valence-corrected chi connectivity index (χ4v) is 7.51. The van der Waals surface area contributed by atoms with E-state index in [1.165, 1.54) is 53.5 Å². The largest absolute Gasteiger partial charge is 0.362 e. The first kappa shape index (κ1) is 34.3. The zero-order valence-electron chi connectivity index (χ0n) is 29.9. The lowest BCUT2D eigenvalue weighted by atomic mass is 9.71. The van der Waals surface area contributed by atoms with E-state index < -0.39 is 5.60 Å². The van der Waals surface area contributed by atoms with Crippen LogP contribution in [0.3, 0.4) is 0 Å². The maximum Gasteiger partial charge on any atom is 0.218 e. The van der Waals surface area contributed by atoms with Crippen LogP contribution in [-0.2, 0) is 23.8 Å². The third-order valence-corrected chi connectivity index (χ3v) is 10.6. The Hall–Kier alpha value is -4.08. The molecule has 1 aliphatic carbocycles. The van der Waals surface area contributed by atoms with Gasteiger partial charge < -0.3 is 4.74 Å². The molecule has 3 heteroatoms. The second-order valence-electron chi connectivity index (χ2n) is 14.3. The van der Waals surface area contributed by atoms with E-state index in [2.05, 4.69) is 150 Å². The van der Waals surface area contributed by atoms with Gasteiger partial charge in [0.25, 0.3) is 0 Å². The SMILES string of the molecule is C=C(C)/C(=C\C(=NC)c1cccc(CC(OC)(c2ccccc2)c2cccc[n+]2C)c1C)c1ccc(C2CCC(C)(C)CC2)cc1C. The van der Waals surface area contributed by atoms with Crippen molar-refractivity contribution < 1.29 is 9.30 Å². The minimum absolute atomic E-state index is 0.471. The fourth-order valence-electron chi connectivity index (χ4n) is 7.51. The molecule has 1 aromatic heterocycles. The lowest BCUT2D eigenvalue weighted by molar-refractivity contribution is -0.685. The molecule has 0 spiro atoms. The number of rotatable bonds is 10. The molecule has 3 aromatic carbocycles. The molecular formula is C44H53N2O+. The van der Waals surface area contributed by atoms with Gasteiger partial charge in [0.1, 0.15) is 7.05 Å². The molecule has 1 atom stereocenters. The van der Waals surface area contributed by atoms with E-state index in [9.17, 15) is 0 Å². The number of hydrogen-bond donors (Lipinski definition) is 0. The van der Waals surface area contributed by atoms with E-state index in [4.69, 9.17) is 9.73 Å². The molecule has 244 valence electrons. The number of aromatic nitrogens is 1. The summed E-state index contributed by atoms with van der Waals surface area (Å²) in [6, 6.07) is 30.5. The van der Waals surface area contributed by atoms with Gasteiger partial charge in [-0.05, 0) is 109 Å². The van der Waals surface area contributed by atoms with Crippen molar-refractivity contribution in [2.24, 2.45) is 17.5 Å². The number of hydrogen-bond acceptors (Lipinski definition) is 2. The molecule has 1 fully saturated rings. The van der Waals surface area contributed by atoms with Gasteiger partial charge in [0.05, 0.1) is 5.71 Å². The summed E-state index contributed by atoms with van der Waals surface area (Å²) >= 11 is 0. The second kappa shape index (κ2) is 14.4. The minimum Gasteiger partial charge on any atom is -0.362 e. The standard InChI is InChI=1S/C44H53N2O/c1-31(2)40(38-22-21-35(28-32(38)3)34-23-25-43(5,6)26-24-34)29-41(45-7)39-19-15-16-36(33(39)4)30-44(47-9,37-17-11-10-12-18-37)42-20-13-14-27-46(42)8/h10-22,27-29,34H,1,23-26,30H2,2-9H3/q+1/b40-29+,45-41?. The molecule has 3 nitrogen and oxygen atoms in total. The Kier molecular flexibility index (Phi) is 10.5. The average Bonchev–Trinajstić information content (AvgIpc) is 3.06. The van der Waals surface area contributed by atoms with Gasteiger partial charge in [0.2, 0.25) is 5.69 Å². The maximum atomic E-state index is 6.53. The molecule has 0 bridgehead atoms. The Morgan fingerprint density at radius 2 is 1.66 bits per heavy atom. The van der Waals surface area contributed by atoms with Crippen LogP contribution >= 0.6 is 0 Å². The molecule has 1 aliphatic rings. The van der Waals surface area contributed by atoms with E-state index in [-0.39, 0.29) is 0 Å². The molecule has 1 saturated carbocycles. The summed E-state index contributed by atoms with van der Waals surface area (Å²) in [6.07, 6.45) is 10.1. The average molecular weight is 626 g/mol. The number of benzene rings is 3. The molecule has 4 aromatic rings. The molecule has 0 N–H and O–H groups in total. The van der Waals surface area contributed by atoms with Crippen LogP contribution in [-0.4, -0.2) is 19.9 Å². The second-order valence-corrected chi connectivity index (χ2v) is 14.3. The Labute approximate surface area is 283 Å². The Balaban J connectivity index is 1.52. The normalized spacial score (nSPS) is 16.9. The quantitative estimate of drug-likeness (QED) is 0.0978. The highest BCUT2D eigenvalue weighted by atomic mass is 16.5. The summed E-state index contributed by atoms with van der Waals surface area (Å²) in [5, 5.41) is 0. The monoisotopic (exact) mass is 625 g/mol. The van der Waals surface area contributed by atoms with Crippen LogP contribution in [0.4, 0.5) is 0 Å². The van der Waals surface area contributed by atoms with Crippen LogP contribution < -0.4 is 4.57 Å². The number of allylic oxidation sites excluding steroid dienone is 3. The Morgan fingerprint density at radius 1 is 0.957 bits per heavy atom. The van der Waals surface area contributed by atoms with Crippen LogP contribution in [0.5, 0.6) is 0 Å². The van der Waals surface area contributed by atoms with Gasteiger partial charge in [0.15, 0.2) is 11.8 Å². The summed E-state index contributed by atoms with van der Waals surface area (Å²) in [7, 11) is 5.80. The van der Waals surface area contributed by atoms with Crippen LogP contribution in [0.25, 0.3) is 5.57 Å². The van der Waals surface area contributed by atoms with Crippen molar-refractivity contribution in [1.29, 1.82) is 0 Å². The van der Waals surface area contributed by atoms with Crippen molar-refractivity contribution in [1.82, 2.24) is 0 Å². The van der Waals surface area contributed by atoms with Gasteiger partial charge in [-0.3, -0.25) is 4.99 Å².